The summed E-state index contributed by atoms with van der Waals surface area (Å²) < 4.78 is 31.5. The third kappa shape index (κ3) is 4.91. The Bertz CT molecular complexity index is 1040. The number of sulfone groups is 1. The number of ether oxygens (including phenoxy) is 1. The maximum Gasteiger partial charge on any atom is 0.408 e. The Morgan fingerprint density at radius 3 is 2.21 bits per heavy atom. The summed E-state index contributed by atoms with van der Waals surface area (Å²) >= 11 is 6.02. The lowest BCUT2D eigenvalue weighted by molar-refractivity contribution is 0.138. The third-order valence-corrected chi connectivity index (χ3v) is 6.17. The molecular weight excluding hydrogens is 398 g/mol. The molecule has 0 unspecified atom stereocenters. The van der Waals surface area contributed by atoms with E-state index >= 15 is 0 Å². The van der Waals surface area contributed by atoms with Gasteiger partial charge in [0.15, 0.2) is 5.37 Å². The molecule has 0 aromatic heterocycles. The molecule has 0 saturated carbocycles. The molecule has 1 amide bonds. The molecule has 0 bridgehead atoms. The van der Waals surface area contributed by atoms with E-state index in [1.807, 2.05) is 30.3 Å². The first kappa shape index (κ1) is 19.9. The van der Waals surface area contributed by atoms with E-state index in [0.29, 0.717) is 10.6 Å². The van der Waals surface area contributed by atoms with Gasteiger partial charge in [-0.25, -0.2) is 13.2 Å². The largest absolute Gasteiger partial charge is 0.445 e. The van der Waals surface area contributed by atoms with Crippen LogP contribution in [0.3, 0.4) is 0 Å². The number of carbonyl (C=O) groups is 1. The molecule has 1 atom stereocenters. The fraction of sp³-hybridized carbons (Fsp3) is 0.0952. The second-order valence-electron chi connectivity index (χ2n) is 6.00. The van der Waals surface area contributed by atoms with Crippen LogP contribution in [0, 0.1) is 0 Å². The van der Waals surface area contributed by atoms with Crippen molar-refractivity contribution in [1.29, 1.82) is 0 Å². The van der Waals surface area contributed by atoms with Crippen LogP contribution in [0.4, 0.5) is 4.79 Å². The summed E-state index contributed by atoms with van der Waals surface area (Å²) in [5, 5.41) is 1.49. The van der Waals surface area contributed by atoms with Gasteiger partial charge < -0.3 is 10.1 Å². The van der Waals surface area contributed by atoms with E-state index in [2.05, 4.69) is 5.32 Å². The van der Waals surface area contributed by atoms with Crippen molar-refractivity contribution in [3.63, 3.8) is 0 Å². The van der Waals surface area contributed by atoms with Gasteiger partial charge in [0, 0.05) is 5.02 Å². The maximum absolute atomic E-state index is 13.1. The highest BCUT2D eigenvalue weighted by Gasteiger charge is 2.31. The van der Waals surface area contributed by atoms with Crippen LogP contribution >= 0.6 is 11.6 Å². The highest BCUT2D eigenvalue weighted by molar-refractivity contribution is 7.91. The van der Waals surface area contributed by atoms with Crippen molar-refractivity contribution in [1.82, 2.24) is 5.32 Å². The summed E-state index contributed by atoms with van der Waals surface area (Å²) in [5.41, 5.74) is 1.14. The zero-order valence-electron chi connectivity index (χ0n) is 14.8. The third-order valence-electron chi connectivity index (χ3n) is 4.00. The summed E-state index contributed by atoms with van der Waals surface area (Å²) in [6, 6.07) is 23.4. The molecule has 144 valence electrons. The molecule has 0 aliphatic carbocycles. The van der Waals surface area contributed by atoms with Crippen LogP contribution in [0.15, 0.2) is 89.8 Å². The van der Waals surface area contributed by atoms with E-state index in [4.69, 9.17) is 16.3 Å². The van der Waals surface area contributed by atoms with Crippen LogP contribution < -0.4 is 5.32 Å². The smallest absolute Gasteiger partial charge is 0.408 e. The Kier molecular flexibility index (Phi) is 6.34. The van der Waals surface area contributed by atoms with Crippen LogP contribution in [0.1, 0.15) is 16.5 Å². The van der Waals surface area contributed by atoms with Gasteiger partial charge in [0.05, 0.1) is 4.90 Å². The Morgan fingerprint density at radius 1 is 0.929 bits per heavy atom. The Hall–Kier alpha value is -2.83. The van der Waals surface area contributed by atoms with Crippen LogP contribution in [0.25, 0.3) is 0 Å². The second kappa shape index (κ2) is 8.91. The molecule has 0 radical (unpaired) electrons. The predicted molar refractivity (Wildman–Crippen MR) is 108 cm³/mol. The second-order valence-corrected chi connectivity index (χ2v) is 8.47. The van der Waals surface area contributed by atoms with Gasteiger partial charge in [-0.3, -0.25) is 0 Å². The van der Waals surface area contributed by atoms with Crippen molar-refractivity contribution in [2.75, 3.05) is 0 Å². The summed E-state index contributed by atoms with van der Waals surface area (Å²) in [6.45, 7) is 0.0281. The first-order chi connectivity index (χ1) is 13.5. The average molecular weight is 416 g/mol. The first-order valence-corrected chi connectivity index (χ1v) is 10.4. The number of benzene rings is 3. The molecule has 28 heavy (non-hydrogen) atoms. The first-order valence-electron chi connectivity index (χ1n) is 8.48. The van der Waals surface area contributed by atoms with E-state index in [9.17, 15) is 13.2 Å². The van der Waals surface area contributed by atoms with Gasteiger partial charge in [-0.2, -0.15) is 0 Å². The molecule has 7 heteroatoms. The number of rotatable bonds is 6. The van der Waals surface area contributed by atoms with E-state index < -0.39 is 21.3 Å². The van der Waals surface area contributed by atoms with Crippen LogP contribution in [0.2, 0.25) is 5.02 Å². The summed E-state index contributed by atoms with van der Waals surface area (Å²) in [7, 11) is -3.92. The maximum atomic E-state index is 13.1. The lowest BCUT2D eigenvalue weighted by Crippen LogP contribution is -2.34. The highest BCUT2D eigenvalue weighted by Crippen LogP contribution is 2.28. The Balaban J connectivity index is 1.85. The van der Waals surface area contributed by atoms with Gasteiger partial charge >= 0.3 is 6.09 Å². The number of nitrogens with one attached hydrogen (secondary N) is 1. The van der Waals surface area contributed by atoms with Gasteiger partial charge in [0.1, 0.15) is 6.61 Å². The van der Waals surface area contributed by atoms with Gasteiger partial charge in [-0.05, 0) is 35.4 Å². The SMILES string of the molecule is O=C(N[C@@H](c1cccc(Cl)c1)S(=O)(=O)c1ccccc1)OCc1ccccc1. The molecule has 0 heterocycles. The minimum absolute atomic E-state index is 0.0281. The zero-order chi connectivity index (χ0) is 20.0. The molecule has 0 aliphatic heterocycles. The van der Waals surface area contributed by atoms with E-state index in [1.165, 1.54) is 18.2 Å². The Labute approximate surface area is 168 Å². The fourth-order valence-electron chi connectivity index (χ4n) is 2.63. The van der Waals surface area contributed by atoms with E-state index in [1.54, 1.807) is 36.4 Å². The lowest BCUT2D eigenvalue weighted by atomic mass is 10.2. The molecule has 5 nitrogen and oxygen atoms in total. The van der Waals surface area contributed by atoms with Crippen molar-refractivity contribution >= 4 is 27.5 Å². The van der Waals surface area contributed by atoms with Gasteiger partial charge in [0.2, 0.25) is 9.84 Å². The number of halogens is 1. The molecular formula is C21H18ClNO4S. The monoisotopic (exact) mass is 415 g/mol. The predicted octanol–water partition coefficient (Wildman–Crippen LogP) is 4.74. The number of hydrogen-bond acceptors (Lipinski definition) is 4. The molecule has 0 aliphatic rings. The van der Waals surface area contributed by atoms with Crippen LogP contribution in [-0.4, -0.2) is 14.5 Å². The minimum atomic E-state index is -3.92. The normalized spacial score (nSPS) is 12.2. The van der Waals surface area contributed by atoms with Gasteiger partial charge in [-0.15, -0.1) is 0 Å². The molecule has 0 saturated heterocycles. The number of hydrogen-bond donors (Lipinski definition) is 1. The molecule has 3 rings (SSSR count). The average Bonchev–Trinajstić information content (AvgIpc) is 2.72. The Morgan fingerprint density at radius 2 is 1.57 bits per heavy atom. The topological polar surface area (TPSA) is 72.5 Å². The molecule has 3 aromatic rings. The van der Waals surface area contributed by atoms with Gasteiger partial charge in [-0.1, -0.05) is 72.3 Å². The quantitative estimate of drug-likeness (QED) is 0.631. The van der Waals surface area contributed by atoms with Crippen molar-refractivity contribution < 1.29 is 17.9 Å². The fourth-order valence-corrected chi connectivity index (χ4v) is 4.39. The molecule has 0 spiro atoms. The van der Waals surface area contributed by atoms with Crippen LogP contribution in [0.5, 0.6) is 0 Å². The van der Waals surface area contributed by atoms with Crippen LogP contribution in [-0.2, 0) is 21.2 Å². The number of amides is 1. The van der Waals surface area contributed by atoms with Crippen molar-refractivity contribution in [3.05, 3.63) is 101 Å². The summed E-state index contributed by atoms with van der Waals surface area (Å²) in [6.07, 6.45) is -0.840. The summed E-state index contributed by atoms with van der Waals surface area (Å²) in [5.74, 6) is 0. The van der Waals surface area contributed by atoms with E-state index in [0.717, 1.165) is 5.56 Å². The zero-order valence-corrected chi connectivity index (χ0v) is 16.4. The molecule has 1 N–H and O–H groups in total. The summed E-state index contributed by atoms with van der Waals surface area (Å²) in [4.78, 5) is 12.4. The van der Waals surface area contributed by atoms with Crippen molar-refractivity contribution in [2.24, 2.45) is 0 Å². The van der Waals surface area contributed by atoms with Crippen molar-refractivity contribution in [2.45, 2.75) is 16.9 Å². The standard InChI is InChI=1S/C21H18ClNO4S/c22-18-11-7-10-17(14-18)20(28(25,26)19-12-5-2-6-13-19)23-21(24)27-15-16-8-3-1-4-9-16/h1-14,20H,15H2,(H,23,24)/t20-/m1/s1. The highest BCUT2D eigenvalue weighted by atomic mass is 35.5. The lowest BCUT2D eigenvalue weighted by Gasteiger charge is -2.20. The van der Waals surface area contributed by atoms with E-state index in [-0.39, 0.29) is 11.5 Å². The van der Waals surface area contributed by atoms with Crippen molar-refractivity contribution in [3.8, 4) is 0 Å². The molecule has 3 aromatic carbocycles. The molecule has 0 fully saturated rings. The number of carbonyl (C=O) groups excluding carboxylic acids is 1. The van der Waals surface area contributed by atoms with Gasteiger partial charge in [0.25, 0.3) is 0 Å². The minimum Gasteiger partial charge on any atom is -0.445 e. The number of alkyl carbamates (subject to hydrolysis) is 1.